The second-order valence-electron chi connectivity index (χ2n) is 5.41. The SMILES string of the molecule is Clc1ccc(CCNc2cnnc(NCc3ccccc3Cl)n2)cc1. The molecular formula is C18H17Cl2N5. The van der Waals surface area contributed by atoms with Crippen LogP contribution in [0.2, 0.25) is 10.0 Å². The van der Waals surface area contributed by atoms with E-state index < -0.39 is 0 Å². The van der Waals surface area contributed by atoms with E-state index in [1.807, 2.05) is 48.5 Å². The summed E-state index contributed by atoms with van der Waals surface area (Å²) in [6, 6.07) is 15.5. The summed E-state index contributed by atoms with van der Waals surface area (Å²) in [4.78, 5) is 4.40. The zero-order chi connectivity index (χ0) is 17.5. The lowest BCUT2D eigenvalue weighted by Gasteiger charge is -2.08. The van der Waals surface area contributed by atoms with E-state index in [9.17, 15) is 0 Å². The minimum Gasteiger partial charge on any atom is -0.368 e. The molecule has 5 nitrogen and oxygen atoms in total. The molecule has 1 heterocycles. The highest BCUT2D eigenvalue weighted by Gasteiger charge is 2.03. The van der Waals surface area contributed by atoms with E-state index in [4.69, 9.17) is 23.2 Å². The van der Waals surface area contributed by atoms with E-state index in [1.54, 1.807) is 6.20 Å². The predicted octanol–water partition coefficient (Wildman–Crippen LogP) is 4.45. The lowest BCUT2D eigenvalue weighted by molar-refractivity contribution is 0.929. The molecule has 0 fully saturated rings. The average Bonchev–Trinajstić information content (AvgIpc) is 2.63. The molecule has 2 N–H and O–H groups in total. The van der Waals surface area contributed by atoms with Gasteiger partial charge in [-0.25, -0.2) is 0 Å². The highest BCUT2D eigenvalue weighted by Crippen LogP contribution is 2.16. The van der Waals surface area contributed by atoms with Crippen molar-refractivity contribution in [3.8, 4) is 0 Å². The van der Waals surface area contributed by atoms with Crippen molar-refractivity contribution in [2.75, 3.05) is 17.2 Å². The van der Waals surface area contributed by atoms with Crippen LogP contribution in [-0.2, 0) is 13.0 Å². The lowest BCUT2D eigenvalue weighted by Crippen LogP contribution is -2.10. The van der Waals surface area contributed by atoms with Crippen LogP contribution in [0, 0.1) is 0 Å². The standard InChI is InChI=1S/C18H17Cl2N5/c19-15-7-5-13(6-8-15)9-10-21-17-12-23-25-18(24-17)22-11-14-3-1-2-4-16(14)20/h1-8,12H,9-11H2,(H2,21,22,24,25). The van der Waals surface area contributed by atoms with E-state index in [0.717, 1.165) is 23.6 Å². The Hall–Kier alpha value is -2.37. The minimum absolute atomic E-state index is 0.455. The van der Waals surface area contributed by atoms with Gasteiger partial charge < -0.3 is 10.6 Å². The first kappa shape index (κ1) is 17.5. The van der Waals surface area contributed by atoms with Gasteiger partial charge in [0.05, 0.1) is 6.20 Å². The molecule has 25 heavy (non-hydrogen) atoms. The fraction of sp³-hybridized carbons (Fsp3) is 0.167. The molecule has 128 valence electrons. The van der Waals surface area contributed by atoms with Crippen molar-refractivity contribution in [2.24, 2.45) is 0 Å². The van der Waals surface area contributed by atoms with Gasteiger partial charge in [0.1, 0.15) is 0 Å². The third kappa shape index (κ3) is 5.31. The molecule has 0 aliphatic carbocycles. The van der Waals surface area contributed by atoms with Crippen LogP contribution in [0.15, 0.2) is 54.7 Å². The summed E-state index contributed by atoms with van der Waals surface area (Å²) in [6.07, 6.45) is 2.46. The summed E-state index contributed by atoms with van der Waals surface area (Å²) in [6.45, 7) is 1.28. The van der Waals surface area contributed by atoms with Gasteiger partial charge in [0.2, 0.25) is 5.95 Å². The Balaban J connectivity index is 1.52. The molecule has 0 aliphatic rings. The highest BCUT2D eigenvalue weighted by atomic mass is 35.5. The van der Waals surface area contributed by atoms with Crippen LogP contribution >= 0.6 is 23.2 Å². The number of nitrogens with zero attached hydrogens (tertiary/aromatic N) is 3. The summed E-state index contributed by atoms with van der Waals surface area (Å²) in [7, 11) is 0. The fourth-order valence-corrected chi connectivity index (χ4v) is 2.59. The summed E-state index contributed by atoms with van der Waals surface area (Å²) in [5, 5.41) is 15.8. The molecule has 0 atom stereocenters. The molecule has 0 spiro atoms. The van der Waals surface area contributed by atoms with E-state index in [0.29, 0.717) is 23.3 Å². The van der Waals surface area contributed by atoms with Crippen LogP contribution in [0.25, 0.3) is 0 Å². The second-order valence-corrected chi connectivity index (χ2v) is 6.26. The van der Waals surface area contributed by atoms with Crippen LogP contribution < -0.4 is 10.6 Å². The van der Waals surface area contributed by atoms with Gasteiger partial charge in [-0.2, -0.15) is 10.1 Å². The first-order chi connectivity index (χ1) is 12.2. The number of hydrogen-bond acceptors (Lipinski definition) is 5. The van der Waals surface area contributed by atoms with Gasteiger partial charge in [-0.15, -0.1) is 5.10 Å². The Bertz CT molecular complexity index is 824. The average molecular weight is 374 g/mol. The highest BCUT2D eigenvalue weighted by molar-refractivity contribution is 6.31. The maximum atomic E-state index is 6.14. The van der Waals surface area contributed by atoms with Crippen molar-refractivity contribution in [1.29, 1.82) is 0 Å². The van der Waals surface area contributed by atoms with Crippen molar-refractivity contribution in [1.82, 2.24) is 15.2 Å². The molecule has 0 aliphatic heterocycles. The van der Waals surface area contributed by atoms with Crippen molar-refractivity contribution in [3.63, 3.8) is 0 Å². The number of halogens is 2. The molecular weight excluding hydrogens is 357 g/mol. The van der Waals surface area contributed by atoms with Crippen LogP contribution in [-0.4, -0.2) is 21.7 Å². The molecule has 0 unspecified atom stereocenters. The first-order valence-corrected chi connectivity index (χ1v) is 8.61. The smallest absolute Gasteiger partial charge is 0.244 e. The van der Waals surface area contributed by atoms with Crippen molar-refractivity contribution < 1.29 is 0 Å². The zero-order valence-electron chi connectivity index (χ0n) is 13.4. The molecule has 0 saturated heterocycles. The number of nitrogens with one attached hydrogen (secondary N) is 2. The zero-order valence-corrected chi connectivity index (χ0v) is 14.9. The third-order valence-electron chi connectivity index (χ3n) is 3.59. The van der Waals surface area contributed by atoms with Crippen LogP contribution in [0.3, 0.4) is 0 Å². The summed E-state index contributed by atoms with van der Waals surface area (Å²) in [5.74, 6) is 1.13. The molecule has 1 aromatic heterocycles. The molecule has 0 radical (unpaired) electrons. The molecule has 3 rings (SSSR count). The normalized spacial score (nSPS) is 10.5. The Morgan fingerprint density at radius 3 is 2.52 bits per heavy atom. The fourth-order valence-electron chi connectivity index (χ4n) is 2.27. The Labute approximate surface area is 156 Å². The molecule has 0 bridgehead atoms. The van der Waals surface area contributed by atoms with E-state index >= 15 is 0 Å². The molecule has 2 aromatic carbocycles. The third-order valence-corrected chi connectivity index (χ3v) is 4.21. The van der Waals surface area contributed by atoms with Gasteiger partial charge in [0, 0.05) is 23.1 Å². The second kappa shape index (κ2) is 8.65. The van der Waals surface area contributed by atoms with Gasteiger partial charge in [-0.3, -0.25) is 0 Å². The molecule has 0 saturated carbocycles. The van der Waals surface area contributed by atoms with Gasteiger partial charge in [-0.05, 0) is 35.7 Å². The topological polar surface area (TPSA) is 62.7 Å². The number of benzene rings is 2. The molecule has 0 amide bonds. The predicted molar refractivity (Wildman–Crippen MR) is 102 cm³/mol. The minimum atomic E-state index is 0.455. The summed E-state index contributed by atoms with van der Waals surface area (Å²) in [5.41, 5.74) is 2.19. The lowest BCUT2D eigenvalue weighted by atomic mass is 10.1. The quantitative estimate of drug-likeness (QED) is 0.640. The van der Waals surface area contributed by atoms with Crippen LogP contribution in [0.1, 0.15) is 11.1 Å². The van der Waals surface area contributed by atoms with Crippen LogP contribution in [0.5, 0.6) is 0 Å². The van der Waals surface area contributed by atoms with Gasteiger partial charge in [0.15, 0.2) is 5.82 Å². The Morgan fingerprint density at radius 1 is 0.920 bits per heavy atom. The van der Waals surface area contributed by atoms with Gasteiger partial charge >= 0.3 is 0 Å². The Kier molecular flexibility index (Phi) is 6.04. The largest absolute Gasteiger partial charge is 0.368 e. The van der Waals surface area contributed by atoms with Gasteiger partial charge in [0.25, 0.3) is 0 Å². The number of rotatable bonds is 7. The van der Waals surface area contributed by atoms with E-state index in [2.05, 4.69) is 25.8 Å². The van der Waals surface area contributed by atoms with E-state index in [-0.39, 0.29) is 0 Å². The molecule has 7 heteroatoms. The number of hydrogen-bond donors (Lipinski definition) is 2. The molecule has 3 aromatic rings. The van der Waals surface area contributed by atoms with Crippen molar-refractivity contribution >= 4 is 35.0 Å². The maximum absolute atomic E-state index is 6.14. The summed E-state index contributed by atoms with van der Waals surface area (Å²) < 4.78 is 0. The number of anilines is 2. The van der Waals surface area contributed by atoms with Gasteiger partial charge in [-0.1, -0.05) is 53.5 Å². The van der Waals surface area contributed by atoms with Crippen LogP contribution in [0.4, 0.5) is 11.8 Å². The van der Waals surface area contributed by atoms with E-state index in [1.165, 1.54) is 5.56 Å². The summed E-state index contributed by atoms with van der Waals surface area (Å²) >= 11 is 12.0. The van der Waals surface area contributed by atoms with Crippen molar-refractivity contribution in [2.45, 2.75) is 13.0 Å². The monoisotopic (exact) mass is 373 g/mol. The maximum Gasteiger partial charge on any atom is 0.244 e. The van der Waals surface area contributed by atoms with Crippen molar-refractivity contribution in [3.05, 3.63) is 75.9 Å². The first-order valence-electron chi connectivity index (χ1n) is 7.86. The Morgan fingerprint density at radius 2 is 1.72 bits per heavy atom. The number of aromatic nitrogens is 3.